The van der Waals surface area contributed by atoms with Crippen LogP contribution in [0.2, 0.25) is 0 Å². The van der Waals surface area contributed by atoms with Gasteiger partial charge in [-0.3, -0.25) is 4.79 Å². The molecule has 1 aromatic carbocycles. The van der Waals surface area contributed by atoms with E-state index in [0.717, 1.165) is 36.8 Å². The average molecular weight is 263 g/mol. The third-order valence-electron chi connectivity index (χ3n) is 3.75. The van der Waals surface area contributed by atoms with Crippen LogP contribution < -0.4 is 5.32 Å². The van der Waals surface area contributed by atoms with Crippen molar-refractivity contribution in [2.45, 2.75) is 44.9 Å². The van der Waals surface area contributed by atoms with E-state index in [1.807, 2.05) is 13.0 Å². The maximum Gasteiger partial charge on any atom is 0.219 e. The maximum atomic E-state index is 11.4. The van der Waals surface area contributed by atoms with Gasteiger partial charge in [-0.2, -0.15) is 0 Å². The molecule has 19 heavy (non-hydrogen) atoms. The molecule has 1 aliphatic rings. The first kappa shape index (κ1) is 13.7. The highest BCUT2D eigenvalue weighted by molar-refractivity contribution is 5.75. The Morgan fingerprint density at radius 1 is 1.42 bits per heavy atom. The number of amides is 1. The molecular weight excluding hydrogens is 242 g/mol. The lowest BCUT2D eigenvalue weighted by atomic mass is 9.96. The summed E-state index contributed by atoms with van der Waals surface area (Å²) in [5.74, 6) is 0.269. The number of phenolic OH excluding ortho intramolecular Hbond substituents is 2. The first-order chi connectivity index (χ1) is 9.13. The van der Waals surface area contributed by atoms with Crippen molar-refractivity contribution in [3.63, 3.8) is 0 Å². The number of rotatable bonds is 5. The summed E-state index contributed by atoms with van der Waals surface area (Å²) in [6.45, 7) is 2.60. The van der Waals surface area contributed by atoms with Crippen LogP contribution in [0.1, 0.15) is 49.7 Å². The fraction of sp³-hybridized carbons (Fsp3) is 0.533. The van der Waals surface area contributed by atoms with Crippen LogP contribution in [0.4, 0.5) is 0 Å². The lowest BCUT2D eigenvalue weighted by Gasteiger charge is -2.14. The van der Waals surface area contributed by atoms with Gasteiger partial charge in [0.25, 0.3) is 0 Å². The van der Waals surface area contributed by atoms with Gasteiger partial charge in [0.1, 0.15) is 0 Å². The summed E-state index contributed by atoms with van der Waals surface area (Å²) in [7, 11) is 0. The third-order valence-corrected chi connectivity index (χ3v) is 3.75. The minimum Gasteiger partial charge on any atom is -0.504 e. The first-order valence-corrected chi connectivity index (χ1v) is 6.93. The van der Waals surface area contributed by atoms with Gasteiger partial charge in [0.05, 0.1) is 0 Å². The highest BCUT2D eigenvalue weighted by Crippen LogP contribution is 2.44. The molecule has 0 spiro atoms. The van der Waals surface area contributed by atoms with Crippen LogP contribution in [0.15, 0.2) is 12.1 Å². The minimum absolute atomic E-state index is 0.0138. The zero-order valence-electron chi connectivity index (χ0n) is 11.3. The Labute approximate surface area is 113 Å². The van der Waals surface area contributed by atoms with E-state index in [9.17, 15) is 15.0 Å². The van der Waals surface area contributed by atoms with Crippen molar-refractivity contribution < 1.29 is 15.0 Å². The third kappa shape index (κ3) is 3.00. The standard InChI is InChI=1S/C15H21NO3/c1-2-3-13(18)16-9-8-11-5-4-10-6-7-12(17)15(19)14(10)11/h6-7,11,17,19H,2-5,8-9H2,1H3,(H,16,18)/t11-/m1/s1. The van der Waals surface area contributed by atoms with Gasteiger partial charge in [-0.1, -0.05) is 13.0 Å². The van der Waals surface area contributed by atoms with Crippen molar-refractivity contribution in [2.75, 3.05) is 6.54 Å². The van der Waals surface area contributed by atoms with Gasteiger partial charge >= 0.3 is 0 Å². The van der Waals surface area contributed by atoms with E-state index < -0.39 is 0 Å². The minimum atomic E-state index is -0.0549. The molecule has 0 unspecified atom stereocenters. The zero-order valence-corrected chi connectivity index (χ0v) is 11.3. The van der Waals surface area contributed by atoms with Crippen molar-refractivity contribution in [3.8, 4) is 11.5 Å². The lowest BCUT2D eigenvalue weighted by molar-refractivity contribution is -0.121. The van der Waals surface area contributed by atoms with Crippen LogP contribution >= 0.6 is 0 Å². The molecule has 4 nitrogen and oxygen atoms in total. The molecule has 1 aromatic rings. The molecule has 0 saturated carbocycles. The van der Waals surface area contributed by atoms with Gasteiger partial charge in [-0.25, -0.2) is 0 Å². The molecule has 1 amide bonds. The molecule has 4 heteroatoms. The Morgan fingerprint density at radius 2 is 2.21 bits per heavy atom. The smallest absolute Gasteiger partial charge is 0.219 e. The molecule has 2 rings (SSSR count). The molecule has 0 radical (unpaired) electrons. The van der Waals surface area contributed by atoms with E-state index in [2.05, 4.69) is 5.32 Å². The second-order valence-corrected chi connectivity index (χ2v) is 5.13. The van der Waals surface area contributed by atoms with Crippen molar-refractivity contribution >= 4 is 5.91 Å². The number of aromatic hydroxyl groups is 2. The normalized spacial score (nSPS) is 17.2. The summed E-state index contributed by atoms with van der Waals surface area (Å²) >= 11 is 0. The number of fused-ring (bicyclic) bond motifs is 1. The highest BCUT2D eigenvalue weighted by Gasteiger charge is 2.26. The van der Waals surface area contributed by atoms with E-state index in [0.29, 0.717) is 13.0 Å². The van der Waals surface area contributed by atoms with Crippen LogP contribution in [0.25, 0.3) is 0 Å². The monoisotopic (exact) mass is 263 g/mol. The Hall–Kier alpha value is -1.71. The van der Waals surface area contributed by atoms with Crippen molar-refractivity contribution in [3.05, 3.63) is 23.3 Å². The van der Waals surface area contributed by atoms with Crippen molar-refractivity contribution in [2.24, 2.45) is 0 Å². The van der Waals surface area contributed by atoms with Gasteiger partial charge in [-0.05, 0) is 43.2 Å². The molecular formula is C15H21NO3. The molecule has 1 aliphatic carbocycles. The molecule has 0 heterocycles. The summed E-state index contributed by atoms with van der Waals surface area (Å²) < 4.78 is 0. The fourth-order valence-electron chi connectivity index (χ4n) is 2.78. The van der Waals surface area contributed by atoms with Gasteiger partial charge in [0, 0.05) is 18.5 Å². The SMILES string of the molecule is CCCC(=O)NCC[C@H]1CCc2ccc(O)c(O)c21. The number of nitrogens with one attached hydrogen (secondary N) is 1. The number of carbonyl (C=O) groups excluding carboxylic acids is 1. The van der Waals surface area contributed by atoms with Crippen LogP contribution in [-0.4, -0.2) is 22.7 Å². The Bertz CT molecular complexity index is 471. The number of hydrogen-bond donors (Lipinski definition) is 3. The van der Waals surface area contributed by atoms with Crippen LogP contribution in [0.5, 0.6) is 11.5 Å². The average Bonchev–Trinajstić information content (AvgIpc) is 2.78. The largest absolute Gasteiger partial charge is 0.504 e. The van der Waals surface area contributed by atoms with E-state index in [4.69, 9.17) is 0 Å². The van der Waals surface area contributed by atoms with E-state index in [1.54, 1.807) is 6.07 Å². The van der Waals surface area contributed by atoms with Gasteiger partial charge in [-0.15, -0.1) is 0 Å². The van der Waals surface area contributed by atoms with Crippen LogP contribution in [-0.2, 0) is 11.2 Å². The molecule has 104 valence electrons. The van der Waals surface area contributed by atoms with Gasteiger partial charge in [0.2, 0.25) is 5.91 Å². The first-order valence-electron chi connectivity index (χ1n) is 6.93. The molecule has 0 fully saturated rings. The summed E-state index contributed by atoms with van der Waals surface area (Å²) in [4.78, 5) is 11.4. The quantitative estimate of drug-likeness (QED) is 0.715. The highest BCUT2D eigenvalue weighted by atomic mass is 16.3. The predicted molar refractivity (Wildman–Crippen MR) is 73.4 cm³/mol. The Morgan fingerprint density at radius 3 is 2.95 bits per heavy atom. The summed E-state index contributed by atoms with van der Waals surface area (Å²) in [6.07, 6.45) is 4.12. The van der Waals surface area contributed by atoms with E-state index in [1.165, 1.54) is 0 Å². The topological polar surface area (TPSA) is 69.6 Å². The Kier molecular flexibility index (Phi) is 4.30. The number of hydrogen-bond acceptors (Lipinski definition) is 3. The number of phenols is 2. The zero-order chi connectivity index (χ0) is 13.8. The molecule has 0 aliphatic heterocycles. The second kappa shape index (κ2) is 5.95. The summed E-state index contributed by atoms with van der Waals surface area (Å²) in [6, 6.07) is 3.42. The molecule has 1 atom stereocenters. The van der Waals surface area contributed by atoms with Crippen LogP contribution in [0.3, 0.4) is 0 Å². The van der Waals surface area contributed by atoms with Gasteiger partial charge in [0.15, 0.2) is 11.5 Å². The fourth-order valence-corrected chi connectivity index (χ4v) is 2.78. The second-order valence-electron chi connectivity index (χ2n) is 5.13. The number of aryl methyl sites for hydroxylation is 1. The van der Waals surface area contributed by atoms with E-state index >= 15 is 0 Å². The van der Waals surface area contributed by atoms with Crippen molar-refractivity contribution in [1.82, 2.24) is 5.32 Å². The molecule has 3 N–H and O–H groups in total. The lowest BCUT2D eigenvalue weighted by Crippen LogP contribution is -2.24. The summed E-state index contributed by atoms with van der Waals surface area (Å²) in [5, 5.41) is 22.4. The van der Waals surface area contributed by atoms with Crippen LogP contribution in [0, 0.1) is 0 Å². The van der Waals surface area contributed by atoms with Gasteiger partial charge < -0.3 is 15.5 Å². The predicted octanol–water partition coefficient (Wildman–Crippen LogP) is 2.43. The number of benzene rings is 1. The number of carbonyl (C=O) groups is 1. The summed E-state index contributed by atoms with van der Waals surface area (Å²) in [5.41, 5.74) is 1.98. The Balaban J connectivity index is 1.95. The molecule has 0 aromatic heterocycles. The van der Waals surface area contributed by atoms with E-state index in [-0.39, 0.29) is 23.3 Å². The molecule has 0 saturated heterocycles. The maximum absolute atomic E-state index is 11.4. The van der Waals surface area contributed by atoms with Crippen molar-refractivity contribution in [1.29, 1.82) is 0 Å². The molecule has 0 bridgehead atoms.